The van der Waals surface area contributed by atoms with Gasteiger partial charge >= 0.3 is 11.9 Å². The summed E-state index contributed by atoms with van der Waals surface area (Å²) >= 11 is 10.5. The normalized spacial score (nSPS) is 9.91. The van der Waals surface area contributed by atoms with Crippen molar-refractivity contribution in [3.8, 4) is 23.0 Å². The average molecular weight is 760 g/mol. The van der Waals surface area contributed by atoms with E-state index in [0.29, 0.717) is 18.1 Å². The molecule has 0 N–H and O–H groups in total. The van der Waals surface area contributed by atoms with Crippen LogP contribution in [0.2, 0.25) is 0 Å². The summed E-state index contributed by atoms with van der Waals surface area (Å²) in [6.45, 7) is 0.536. The minimum Gasteiger partial charge on any atom is -0.497 e. The lowest BCUT2D eigenvalue weighted by molar-refractivity contribution is -0.158. The summed E-state index contributed by atoms with van der Waals surface area (Å²) < 4.78 is 25.5. The molecular formula is C42H40Cl2O9. The SMILES string of the molecule is COc1ccc(CC(=O)Cl)cc1.COc1ccc(CC(=O)OC(=O)Cc2ccc(OC)cc2)cc1.O=C(Cl)Cc1ccc(OCc2ccccc2)cc1. The van der Waals surface area contributed by atoms with Crippen LogP contribution in [0.25, 0.3) is 0 Å². The number of ether oxygens (including phenoxy) is 5. The molecule has 53 heavy (non-hydrogen) atoms. The van der Waals surface area contributed by atoms with Crippen LogP contribution in [0.3, 0.4) is 0 Å². The fraction of sp³-hybridized carbons (Fsp3) is 0.190. The molecule has 0 atom stereocenters. The minimum absolute atomic E-state index is 0.0400. The Morgan fingerprint density at radius 2 is 0.736 bits per heavy atom. The fourth-order valence-corrected chi connectivity index (χ4v) is 4.84. The van der Waals surface area contributed by atoms with E-state index >= 15 is 0 Å². The standard InChI is InChI=1S/C18H18O5.C15H13ClO2.C9H9ClO2/c1-21-15-7-3-13(4-8-15)11-17(19)23-18(20)12-14-5-9-16(22-2)10-6-14;16-15(17)10-12-6-8-14(9-7-12)18-11-13-4-2-1-3-5-13;1-12-8-4-2-7(3-5-8)6-9(10)11/h3-10H,11-12H2,1-2H3;1-9H,10-11H2;2-5H,6H2,1H3. The van der Waals surface area contributed by atoms with Gasteiger partial charge in [0.05, 0.1) is 34.2 Å². The predicted molar refractivity (Wildman–Crippen MR) is 204 cm³/mol. The average Bonchev–Trinajstić information content (AvgIpc) is 3.16. The summed E-state index contributed by atoms with van der Waals surface area (Å²) in [7, 11) is 4.74. The molecule has 0 aromatic heterocycles. The largest absolute Gasteiger partial charge is 0.497 e. The van der Waals surface area contributed by atoms with Crippen LogP contribution >= 0.6 is 23.2 Å². The van der Waals surface area contributed by atoms with Gasteiger partial charge in [0.25, 0.3) is 0 Å². The summed E-state index contributed by atoms with van der Waals surface area (Å²) in [4.78, 5) is 44.8. The van der Waals surface area contributed by atoms with Crippen LogP contribution in [0.1, 0.15) is 27.8 Å². The molecule has 0 saturated carbocycles. The number of methoxy groups -OCH3 is 3. The van der Waals surface area contributed by atoms with E-state index in [9.17, 15) is 19.2 Å². The molecule has 5 aromatic carbocycles. The molecular weight excluding hydrogens is 719 g/mol. The van der Waals surface area contributed by atoms with E-state index in [4.69, 9.17) is 46.9 Å². The fourth-order valence-electron chi connectivity index (χ4n) is 4.53. The number of halogens is 2. The Morgan fingerprint density at radius 1 is 0.415 bits per heavy atom. The van der Waals surface area contributed by atoms with Crippen molar-refractivity contribution in [1.82, 2.24) is 0 Å². The van der Waals surface area contributed by atoms with Crippen molar-refractivity contribution in [1.29, 1.82) is 0 Å². The molecule has 0 spiro atoms. The topological polar surface area (TPSA) is 114 Å². The molecule has 0 unspecified atom stereocenters. The Balaban J connectivity index is 0.000000225. The van der Waals surface area contributed by atoms with Crippen molar-refractivity contribution in [2.24, 2.45) is 0 Å². The van der Waals surface area contributed by atoms with Gasteiger partial charge < -0.3 is 23.7 Å². The van der Waals surface area contributed by atoms with E-state index in [1.807, 2.05) is 66.7 Å². The molecule has 276 valence electrons. The first-order chi connectivity index (χ1) is 25.6. The highest BCUT2D eigenvalue weighted by Gasteiger charge is 2.12. The zero-order valence-electron chi connectivity index (χ0n) is 29.6. The maximum Gasteiger partial charge on any atom is 0.317 e. The van der Waals surface area contributed by atoms with Crippen LogP contribution in [0.4, 0.5) is 0 Å². The second-order valence-corrected chi connectivity index (χ2v) is 12.1. The van der Waals surface area contributed by atoms with E-state index in [-0.39, 0.29) is 36.2 Å². The van der Waals surface area contributed by atoms with Crippen LogP contribution in [0.5, 0.6) is 23.0 Å². The Bertz CT molecular complexity index is 1800. The third-order valence-electron chi connectivity index (χ3n) is 7.26. The van der Waals surface area contributed by atoms with Gasteiger partial charge in [0, 0.05) is 12.8 Å². The number of benzene rings is 5. The molecule has 0 aliphatic carbocycles. The summed E-state index contributed by atoms with van der Waals surface area (Å²) in [5.41, 5.74) is 4.43. The molecule has 11 heteroatoms. The number of esters is 2. The number of carbonyl (C=O) groups is 4. The van der Waals surface area contributed by atoms with E-state index < -0.39 is 11.9 Å². The minimum atomic E-state index is -0.575. The van der Waals surface area contributed by atoms with Crippen molar-refractivity contribution in [2.45, 2.75) is 32.3 Å². The molecule has 9 nitrogen and oxygen atoms in total. The molecule has 0 bridgehead atoms. The first-order valence-corrected chi connectivity index (χ1v) is 17.1. The molecule has 0 fully saturated rings. The lowest BCUT2D eigenvalue weighted by atomic mass is 10.1. The molecule has 0 amide bonds. The van der Waals surface area contributed by atoms with Crippen LogP contribution in [-0.4, -0.2) is 43.8 Å². The third-order valence-corrected chi connectivity index (χ3v) is 7.53. The number of rotatable bonds is 14. The molecule has 0 aliphatic heterocycles. The van der Waals surface area contributed by atoms with Crippen LogP contribution < -0.4 is 18.9 Å². The van der Waals surface area contributed by atoms with Gasteiger partial charge in [-0.25, -0.2) is 0 Å². The summed E-state index contributed by atoms with van der Waals surface area (Å²) in [5.74, 6) is 1.82. The number of carbonyl (C=O) groups excluding carboxylic acids is 4. The van der Waals surface area contributed by atoms with Crippen LogP contribution in [0.15, 0.2) is 127 Å². The maximum atomic E-state index is 11.8. The predicted octanol–water partition coefficient (Wildman–Crippen LogP) is 8.14. The monoisotopic (exact) mass is 758 g/mol. The Morgan fingerprint density at radius 3 is 1.06 bits per heavy atom. The molecule has 0 heterocycles. The van der Waals surface area contributed by atoms with E-state index in [1.165, 1.54) is 0 Å². The van der Waals surface area contributed by atoms with Gasteiger partial charge in [0.15, 0.2) is 0 Å². The molecule has 0 radical (unpaired) electrons. The summed E-state index contributed by atoms with van der Waals surface area (Å²) in [6.07, 6.45) is 0.600. The summed E-state index contributed by atoms with van der Waals surface area (Å²) in [6, 6.07) is 38.6. The van der Waals surface area contributed by atoms with Gasteiger partial charge in [0.1, 0.15) is 29.6 Å². The lowest BCUT2D eigenvalue weighted by Gasteiger charge is -2.06. The van der Waals surface area contributed by atoms with Crippen molar-refractivity contribution >= 4 is 45.6 Å². The highest BCUT2D eigenvalue weighted by atomic mass is 35.5. The number of hydrogen-bond donors (Lipinski definition) is 0. The Kier molecular flexibility index (Phi) is 18.2. The van der Waals surface area contributed by atoms with Gasteiger partial charge in [-0.15, -0.1) is 0 Å². The van der Waals surface area contributed by atoms with E-state index in [0.717, 1.165) is 39.3 Å². The highest BCUT2D eigenvalue weighted by molar-refractivity contribution is 6.64. The van der Waals surface area contributed by atoms with Crippen LogP contribution in [0, 0.1) is 0 Å². The molecule has 0 aliphatic rings. The van der Waals surface area contributed by atoms with Gasteiger partial charge in [0.2, 0.25) is 10.5 Å². The zero-order chi connectivity index (χ0) is 38.4. The van der Waals surface area contributed by atoms with Crippen LogP contribution in [-0.2, 0) is 56.2 Å². The second kappa shape index (κ2) is 23.0. The quantitative estimate of drug-likeness (QED) is 0.0629. The molecule has 0 saturated heterocycles. The third kappa shape index (κ3) is 17.0. The Hall–Kier alpha value is -5.64. The van der Waals surface area contributed by atoms with Gasteiger partial charge in [-0.3, -0.25) is 19.2 Å². The lowest BCUT2D eigenvalue weighted by Crippen LogP contribution is -2.16. The molecule has 5 aromatic rings. The van der Waals surface area contributed by atoms with Gasteiger partial charge in [-0.1, -0.05) is 78.9 Å². The summed E-state index contributed by atoms with van der Waals surface area (Å²) in [5, 5.41) is -0.701. The second-order valence-electron chi connectivity index (χ2n) is 11.2. The van der Waals surface area contributed by atoms with Crippen molar-refractivity contribution in [3.63, 3.8) is 0 Å². The smallest absolute Gasteiger partial charge is 0.317 e. The van der Waals surface area contributed by atoms with Crippen molar-refractivity contribution in [2.75, 3.05) is 21.3 Å². The highest BCUT2D eigenvalue weighted by Crippen LogP contribution is 2.16. The Labute approximate surface area is 319 Å². The molecule has 5 rings (SSSR count). The first kappa shape index (κ1) is 41.8. The van der Waals surface area contributed by atoms with Gasteiger partial charge in [-0.2, -0.15) is 0 Å². The van der Waals surface area contributed by atoms with Gasteiger partial charge in [-0.05, 0) is 99.6 Å². The van der Waals surface area contributed by atoms with Crippen molar-refractivity contribution in [3.05, 3.63) is 155 Å². The number of hydrogen-bond acceptors (Lipinski definition) is 9. The maximum absolute atomic E-state index is 11.8. The zero-order valence-corrected chi connectivity index (χ0v) is 31.1. The van der Waals surface area contributed by atoms with E-state index in [1.54, 1.807) is 82.0 Å². The van der Waals surface area contributed by atoms with E-state index in [2.05, 4.69) is 0 Å². The first-order valence-electron chi connectivity index (χ1n) is 16.3. The van der Waals surface area contributed by atoms with Crippen molar-refractivity contribution < 1.29 is 42.9 Å².